The van der Waals surface area contributed by atoms with Crippen LogP contribution >= 0.6 is 23.2 Å². The SMILES string of the molecule is Cc1cccc(NC(=O)[C@@H](C)Oc2ccc(Cl)cc2Cl)c1. The van der Waals surface area contributed by atoms with E-state index >= 15 is 0 Å². The van der Waals surface area contributed by atoms with Crippen molar-refractivity contribution in [3.8, 4) is 5.75 Å². The Morgan fingerprint density at radius 1 is 1.19 bits per heavy atom. The number of benzene rings is 2. The number of anilines is 1. The molecule has 0 fully saturated rings. The molecule has 0 bridgehead atoms. The summed E-state index contributed by atoms with van der Waals surface area (Å²) in [5, 5.41) is 3.69. The largest absolute Gasteiger partial charge is 0.479 e. The summed E-state index contributed by atoms with van der Waals surface area (Å²) in [5.74, 6) is 0.180. The molecular formula is C16H15Cl2NO2. The fraction of sp³-hybridized carbons (Fsp3) is 0.188. The Morgan fingerprint density at radius 2 is 1.95 bits per heavy atom. The standard InChI is InChI=1S/C16H15Cl2NO2/c1-10-4-3-5-13(8-10)19-16(20)11(2)21-15-7-6-12(17)9-14(15)18/h3-9,11H,1-2H3,(H,19,20)/t11-/m1/s1. The van der Waals surface area contributed by atoms with Gasteiger partial charge < -0.3 is 10.1 Å². The van der Waals surface area contributed by atoms with Gasteiger partial charge in [-0.1, -0.05) is 35.3 Å². The van der Waals surface area contributed by atoms with E-state index < -0.39 is 6.10 Å². The molecule has 110 valence electrons. The molecule has 0 heterocycles. The fourth-order valence-corrected chi connectivity index (χ4v) is 2.23. The number of carbonyl (C=O) groups is 1. The van der Waals surface area contributed by atoms with Crippen LogP contribution in [0.25, 0.3) is 0 Å². The molecule has 0 aliphatic heterocycles. The van der Waals surface area contributed by atoms with Crippen molar-refractivity contribution in [1.29, 1.82) is 0 Å². The molecule has 0 saturated heterocycles. The lowest BCUT2D eigenvalue weighted by atomic mass is 10.2. The lowest BCUT2D eigenvalue weighted by molar-refractivity contribution is -0.122. The van der Waals surface area contributed by atoms with E-state index in [-0.39, 0.29) is 5.91 Å². The van der Waals surface area contributed by atoms with Crippen LogP contribution < -0.4 is 10.1 Å². The number of aryl methyl sites for hydroxylation is 1. The van der Waals surface area contributed by atoms with Gasteiger partial charge in [-0.2, -0.15) is 0 Å². The first-order valence-electron chi connectivity index (χ1n) is 6.45. The number of halogens is 2. The van der Waals surface area contributed by atoms with E-state index in [2.05, 4.69) is 5.32 Å². The van der Waals surface area contributed by atoms with Crippen molar-refractivity contribution >= 4 is 34.8 Å². The molecule has 2 rings (SSSR count). The van der Waals surface area contributed by atoms with Crippen LogP contribution in [0.15, 0.2) is 42.5 Å². The van der Waals surface area contributed by atoms with Gasteiger partial charge in [-0.25, -0.2) is 0 Å². The van der Waals surface area contributed by atoms with Gasteiger partial charge in [-0.15, -0.1) is 0 Å². The van der Waals surface area contributed by atoms with Gasteiger partial charge in [0.1, 0.15) is 5.75 Å². The molecule has 0 aliphatic carbocycles. The molecule has 0 spiro atoms. The van der Waals surface area contributed by atoms with Gasteiger partial charge in [-0.05, 0) is 49.7 Å². The maximum Gasteiger partial charge on any atom is 0.265 e. The number of hydrogen-bond donors (Lipinski definition) is 1. The van der Waals surface area contributed by atoms with E-state index in [4.69, 9.17) is 27.9 Å². The minimum absolute atomic E-state index is 0.244. The lowest BCUT2D eigenvalue weighted by Crippen LogP contribution is -2.30. The van der Waals surface area contributed by atoms with Crippen molar-refractivity contribution in [2.24, 2.45) is 0 Å². The zero-order valence-corrected chi connectivity index (χ0v) is 13.2. The van der Waals surface area contributed by atoms with Gasteiger partial charge in [0.15, 0.2) is 6.10 Å². The van der Waals surface area contributed by atoms with Crippen LogP contribution in [0.5, 0.6) is 5.75 Å². The Hall–Kier alpha value is -1.71. The molecule has 1 N–H and O–H groups in total. The molecule has 3 nitrogen and oxygen atoms in total. The molecule has 0 aliphatic rings. The monoisotopic (exact) mass is 323 g/mol. The highest BCUT2D eigenvalue weighted by molar-refractivity contribution is 6.35. The fourth-order valence-electron chi connectivity index (χ4n) is 1.78. The number of amides is 1. The van der Waals surface area contributed by atoms with E-state index in [0.717, 1.165) is 11.3 Å². The molecule has 2 aromatic rings. The van der Waals surface area contributed by atoms with Crippen molar-refractivity contribution in [2.45, 2.75) is 20.0 Å². The minimum atomic E-state index is -0.677. The number of hydrogen-bond acceptors (Lipinski definition) is 2. The highest BCUT2D eigenvalue weighted by Gasteiger charge is 2.16. The van der Waals surface area contributed by atoms with Crippen LogP contribution in [0.4, 0.5) is 5.69 Å². The Kier molecular flexibility index (Phi) is 5.10. The van der Waals surface area contributed by atoms with Gasteiger partial charge in [0, 0.05) is 10.7 Å². The maximum atomic E-state index is 12.1. The van der Waals surface area contributed by atoms with E-state index in [1.807, 2.05) is 31.2 Å². The first-order valence-corrected chi connectivity index (χ1v) is 7.20. The Bertz CT molecular complexity index is 658. The predicted octanol–water partition coefficient (Wildman–Crippen LogP) is 4.71. The average Bonchev–Trinajstić information content (AvgIpc) is 2.41. The highest BCUT2D eigenvalue weighted by atomic mass is 35.5. The van der Waals surface area contributed by atoms with E-state index in [1.54, 1.807) is 25.1 Å². The molecule has 0 radical (unpaired) electrons. The van der Waals surface area contributed by atoms with Gasteiger partial charge in [0.25, 0.3) is 5.91 Å². The molecular weight excluding hydrogens is 309 g/mol. The Balaban J connectivity index is 2.02. The van der Waals surface area contributed by atoms with Crippen LogP contribution in [-0.2, 0) is 4.79 Å². The van der Waals surface area contributed by atoms with E-state index in [9.17, 15) is 4.79 Å². The van der Waals surface area contributed by atoms with Crippen LogP contribution in [0, 0.1) is 6.92 Å². The van der Waals surface area contributed by atoms with Gasteiger partial charge in [0.2, 0.25) is 0 Å². The third kappa shape index (κ3) is 4.38. The smallest absolute Gasteiger partial charge is 0.265 e. The van der Waals surface area contributed by atoms with Gasteiger partial charge >= 0.3 is 0 Å². The summed E-state index contributed by atoms with van der Waals surface area (Å²) in [4.78, 5) is 12.1. The normalized spacial score (nSPS) is 11.8. The van der Waals surface area contributed by atoms with Crippen molar-refractivity contribution in [1.82, 2.24) is 0 Å². The summed E-state index contributed by atoms with van der Waals surface area (Å²) in [5.41, 5.74) is 1.81. The van der Waals surface area contributed by atoms with Crippen LogP contribution in [0.1, 0.15) is 12.5 Å². The Morgan fingerprint density at radius 3 is 2.62 bits per heavy atom. The molecule has 5 heteroatoms. The third-order valence-corrected chi connectivity index (χ3v) is 3.38. The molecule has 0 unspecified atom stereocenters. The van der Waals surface area contributed by atoms with Gasteiger partial charge in [-0.3, -0.25) is 4.79 Å². The van der Waals surface area contributed by atoms with Crippen molar-refractivity contribution < 1.29 is 9.53 Å². The number of carbonyl (C=O) groups excluding carboxylic acids is 1. The second-order valence-corrected chi connectivity index (χ2v) is 5.54. The van der Waals surface area contributed by atoms with E-state index in [1.165, 1.54) is 0 Å². The number of nitrogens with one attached hydrogen (secondary N) is 1. The van der Waals surface area contributed by atoms with Crippen molar-refractivity contribution in [3.63, 3.8) is 0 Å². The van der Waals surface area contributed by atoms with Crippen molar-refractivity contribution in [2.75, 3.05) is 5.32 Å². The average molecular weight is 324 g/mol. The summed E-state index contributed by atoms with van der Waals surface area (Å²) in [6.07, 6.45) is -0.677. The summed E-state index contributed by atoms with van der Waals surface area (Å²) in [6, 6.07) is 12.4. The molecule has 1 amide bonds. The summed E-state index contributed by atoms with van der Waals surface area (Å²) in [7, 11) is 0. The quantitative estimate of drug-likeness (QED) is 0.885. The zero-order chi connectivity index (χ0) is 15.4. The highest BCUT2D eigenvalue weighted by Crippen LogP contribution is 2.28. The van der Waals surface area contributed by atoms with Crippen molar-refractivity contribution in [3.05, 3.63) is 58.1 Å². The predicted molar refractivity (Wildman–Crippen MR) is 86.4 cm³/mol. The second kappa shape index (κ2) is 6.83. The van der Waals surface area contributed by atoms with Crippen LogP contribution in [-0.4, -0.2) is 12.0 Å². The summed E-state index contributed by atoms with van der Waals surface area (Å²) >= 11 is 11.8. The molecule has 21 heavy (non-hydrogen) atoms. The lowest BCUT2D eigenvalue weighted by Gasteiger charge is -2.16. The zero-order valence-electron chi connectivity index (χ0n) is 11.7. The topological polar surface area (TPSA) is 38.3 Å². The van der Waals surface area contributed by atoms with Crippen LogP contribution in [0.2, 0.25) is 10.0 Å². The maximum absolute atomic E-state index is 12.1. The first kappa shape index (κ1) is 15.7. The van der Waals surface area contributed by atoms with Crippen LogP contribution in [0.3, 0.4) is 0 Å². The molecule has 1 atom stereocenters. The number of ether oxygens (including phenoxy) is 1. The number of rotatable bonds is 4. The summed E-state index contributed by atoms with van der Waals surface area (Å²) in [6.45, 7) is 3.62. The first-order chi connectivity index (χ1) is 9.95. The summed E-state index contributed by atoms with van der Waals surface area (Å²) < 4.78 is 5.56. The van der Waals surface area contributed by atoms with Gasteiger partial charge in [0.05, 0.1) is 5.02 Å². The third-order valence-electron chi connectivity index (χ3n) is 2.85. The second-order valence-electron chi connectivity index (χ2n) is 4.69. The van der Waals surface area contributed by atoms with E-state index in [0.29, 0.717) is 15.8 Å². The Labute approximate surface area is 133 Å². The minimum Gasteiger partial charge on any atom is -0.479 e. The molecule has 0 aromatic heterocycles. The molecule has 0 saturated carbocycles. The molecule has 2 aromatic carbocycles.